The van der Waals surface area contributed by atoms with Crippen molar-refractivity contribution in [2.75, 3.05) is 12.3 Å². The summed E-state index contributed by atoms with van der Waals surface area (Å²) in [6.07, 6.45) is 0.476. The zero-order chi connectivity index (χ0) is 13.5. The van der Waals surface area contributed by atoms with E-state index in [0.717, 1.165) is 11.1 Å². The minimum atomic E-state index is -4.05. The van der Waals surface area contributed by atoms with Gasteiger partial charge in [0.05, 0.1) is 5.75 Å². The second-order valence-corrected chi connectivity index (χ2v) is 4.70. The number of amides is 1. The predicted octanol–water partition coefficient (Wildman–Crippen LogP) is 0.233. The summed E-state index contributed by atoms with van der Waals surface area (Å²) in [5, 5.41) is 17.0. The van der Waals surface area contributed by atoms with Gasteiger partial charge in [-0.25, -0.2) is 9.59 Å². The molecule has 8 nitrogen and oxygen atoms in total. The van der Waals surface area contributed by atoms with Gasteiger partial charge in [-0.3, -0.25) is 9.45 Å². The molecular weight excluding hydrogens is 254 g/mol. The molecular formula is C8H13NO7S. The van der Waals surface area contributed by atoms with Gasteiger partial charge < -0.3 is 10.2 Å². The number of hydrogen-bond donors (Lipinski definition) is 3. The maximum absolute atomic E-state index is 10.6. The molecule has 0 saturated heterocycles. The van der Waals surface area contributed by atoms with Crippen LogP contribution in [0.1, 0.15) is 12.8 Å². The molecule has 0 aromatic rings. The Kier molecular flexibility index (Phi) is 6.21. The molecule has 0 spiro atoms. The highest BCUT2D eigenvalue weighted by molar-refractivity contribution is 7.85. The standard InChI is InChI=1S/C8H13NO7S/c10-7(11)3-5-9(8(12)13)4-1-2-6-17(14,15)16/h3,5H,1-2,4,6H2,(H,10,11)(H,12,13)(H,14,15,16). The average molecular weight is 267 g/mol. The molecule has 3 N–H and O–H groups in total. The number of carbonyl (C=O) groups is 2. The van der Waals surface area contributed by atoms with E-state index in [0.29, 0.717) is 6.08 Å². The lowest BCUT2D eigenvalue weighted by atomic mass is 10.3. The number of carboxylic acid groups (broad SMARTS) is 2. The van der Waals surface area contributed by atoms with E-state index in [1.165, 1.54) is 0 Å². The van der Waals surface area contributed by atoms with Gasteiger partial charge in [0.25, 0.3) is 10.1 Å². The molecule has 0 radical (unpaired) electrons. The fourth-order valence-electron chi connectivity index (χ4n) is 0.954. The lowest BCUT2D eigenvalue weighted by Crippen LogP contribution is -2.25. The highest BCUT2D eigenvalue weighted by Crippen LogP contribution is 1.99. The lowest BCUT2D eigenvalue weighted by Gasteiger charge is -2.13. The number of hydrogen-bond acceptors (Lipinski definition) is 4. The first-order valence-electron chi connectivity index (χ1n) is 4.58. The van der Waals surface area contributed by atoms with E-state index in [1.807, 2.05) is 0 Å². The quantitative estimate of drug-likeness (QED) is 0.341. The fourth-order valence-corrected chi connectivity index (χ4v) is 1.52. The van der Waals surface area contributed by atoms with Gasteiger partial charge in [-0.15, -0.1) is 0 Å². The maximum atomic E-state index is 10.6. The third kappa shape index (κ3) is 9.33. The van der Waals surface area contributed by atoms with E-state index >= 15 is 0 Å². The Balaban J connectivity index is 4.12. The molecule has 98 valence electrons. The molecule has 0 aromatic carbocycles. The van der Waals surface area contributed by atoms with Crippen molar-refractivity contribution in [2.24, 2.45) is 0 Å². The molecule has 0 atom stereocenters. The third-order valence-electron chi connectivity index (χ3n) is 1.69. The van der Waals surface area contributed by atoms with Crippen molar-refractivity contribution in [3.8, 4) is 0 Å². The van der Waals surface area contributed by atoms with Crippen molar-refractivity contribution in [2.45, 2.75) is 12.8 Å². The van der Waals surface area contributed by atoms with Gasteiger partial charge in [-0.1, -0.05) is 0 Å². The lowest BCUT2D eigenvalue weighted by molar-refractivity contribution is -0.131. The van der Waals surface area contributed by atoms with Crippen LogP contribution in [0.2, 0.25) is 0 Å². The van der Waals surface area contributed by atoms with Crippen molar-refractivity contribution in [1.82, 2.24) is 4.90 Å². The number of unbranched alkanes of at least 4 members (excludes halogenated alkanes) is 1. The first-order valence-corrected chi connectivity index (χ1v) is 6.19. The third-order valence-corrected chi connectivity index (χ3v) is 2.50. The number of rotatable bonds is 7. The largest absolute Gasteiger partial charge is 0.478 e. The monoisotopic (exact) mass is 267 g/mol. The normalized spacial score (nSPS) is 11.6. The molecule has 0 heterocycles. The van der Waals surface area contributed by atoms with Crippen molar-refractivity contribution in [1.29, 1.82) is 0 Å². The van der Waals surface area contributed by atoms with Gasteiger partial charge >= 0.3 is 12.1 Å². The van der Waals surface area contributed by atoms with Crippen LogP contribution in [-0.4, -0.2) is 52.4 Å². The Morgan fingerprint density at radius 2 is 1.76 bits per heavy atom. The van der Waals surface area contributed by atoms with Crippen molar-refractivity contribution < 1.29 is 32.8 Å². The van der Waals surface area contributed by atoms with Crippen LogP contribution >= 0.6 is 0 Å². The Morgan fingerprint density at radius 3 is 2.18 bits per heavy atom. The van der Waals surface area contributed by atoms with E-state index < -0.39 is 27.9 Å². The summed E-state index contributed by atoms with van der Waals surface area (Å²) >= 11 is 0. The summed E-state index contributed by atoms with van der Waals surface area (Å²) in [6, 6.07) is 0. The number of carboxylic acids is 1. The van der Waals surface area contributed by atoms with Crippen LogP contribution < -0.4 is 0 Å². The zero-order valence-corrected chi connectivity index (χ0v) is 9.63. The molecule has 1 amide bonds. The van der Waals surface area contributed by atoms with Gasteiger partial charge in [-0.05, 0) is 12.8 Å². The van der Waals surface area contributed by atoms with Crippen LogP contribution in [0.15, 0.2) is 12.3 Å². The number of nitrogens with zero attached hydrogens (tertiary/aromatic N) is 1. The topological polar surface area (TPSA) is 132 Å². The fraction of sp³-hybridized carbons (Fsp3) is 0.500. The van der Waals surface area contributed by atoms with Crippen LogP contribution in [0, 0.1) is 0 Å². The van der Waals surface area contributed by atoms with E-state index in [2.05, 4.69) is 0 Å². The second-order valence-electron chi connectivity index (χ2n) is 3.12. The van der Waals surface area contributed by atoms with Crippen LogP contribution in [0.4, 0.5) is 4.79 Å². The smallest absolute Gasteiger partial charge is 0.411 e. The average Bonchev–Trinajstić information content (AvgIpc) is 2.13. The van der Waals surface area contributed by atoms with Crippen LogP contribution in [0.5, 0.6) is 0 Å². The summed E-state index contributed by atoms with van der Waals surface area (Å²) in [5.41, 5.74) is 0. The number of aliphatic carboxylic acids is 1. The van der Waals surface area contributed by atoms with E-state index in [-0.39, 0.29) is 19.4 Å². The SMILES string of the molecule is O=C(O)C=CN(CCCCS(=O)(=O)O)C(=O)O. The summed E-state index contributed by atoms with van der Waals surface area (Å²) in [5.74, 6) is -1.74. The highest BCUT2D eigenvalue weighted by atomic mass is 32.2. The van der Waals surface area contributed by atoms with Crippen LogP contribution in [0.25, 0.3) is 0 Å². The predicted molar refractivity (Wildman–Crippen MR) is 57.2 cm³/mol. The van der Waals surface area contributed by atoms with Gasteiger partial charge in [-0.2, -0.15) is 8.42 Å². The molecule has 0 aliphatic heterocycles. The van der Waals surface area contributed by atoms with Crippen molar-refractivity contribution >= 4 is 22.2 Å². The summed E-state index contributed by atoms with van der Waals surface area (Å²) in [4.78, 5) is 21.5. The van der Waals surface area contributed by atoms with E-state index in [4.69, 9.17) is 14.8 Å². The molecule has 0 aliphatic rings. The summed E-state index contributed by atoms with van der Waals surface area (Å²) < 4.78 is 29.1. The molecule has 17 heavy (non-hydrogen) atoms. The Labute approximate surface area is 97.9 Å². The maximum Gasteiger partial charge on any atom is 0.411 e. The van der Waals surface area contributed by atoms with Crippen molar-refractivity contribution in [3.63, 3.8) is 0 Å². The molecule has 0 aromatic heterocycles. The first kappa shape index (κ1) is 15.4. The molecule has 0 saturated carbocycles. The van der Waals surface area contributed by atoms with Gasteiger partial charge in [0, 0.05) is 18.8 Å². The van der Waals surface area contributed by atoms with E-state index in [9.17, 15) is 18.0 Å². The Morgan fingerprint density at radius 1 is 1.18 bits per heavy atom. The molecule has 0 unspecified atom stereocenters. The second kappa shape index (κ2) is 6.86. The van der Waals surface area contributed by atoms with Crippen LogP contribution in [0.3, 0.4) is 0 Å². The molecule has 0 bridgehead atoms. The van der Waals surface area contributed by atoms with Crippen molar-refractivity contribution in [3.05, 3.63) is 12.3 Å². The van der Waals surface area contributed by atoms with Gasteiger partial charge in [0.1, 0.15) is 0 Å². The Hall–Kier alpha value is -1.61. The van der Waals surface area contributed by atoms with Gasteiger partial charge in [0.2, 0.25) is 0 Å². The van der Waals surface area contributed by atoms with E-state index in [1.54, 1.807) is 0 Å². The molecule has 9 heteroatoms. The summed E-state index contributed by atoms with van der Waals surface area (Å²) in [7, 11) is -4.05. The first-order chi connectivity index (χ1) is 7.72. The molecule has 0 rings (SSSR count). The highest BCUT2D eigenvalue weighted by Gasteiger charge is 2.09. The Bertz CT molecular complexity index is 400. The van der Waals surface area contributed by atoms with Crippen LogP contribution in [-0.2, 0) is 14.9 Å². The summed E-state index contributed by atoms with van der Waals surface area (Å²) in [6.45, 7) is -0.0470. The minimum absolute atomic E-state index is 0.0470. The molecule has 0 fully saturated rings. The van der Waals surface area contributed by atoms with Gasteiger partial charge in [0.15, 0.2) is 0 Å². The zero-order valence-electron chi connectivity index (χ0n) is 8.81. The molecule has 0 aliphatic carbocycles. The minimum Gasteiger partial charge on any atom is -0.478 e.